The lowest BCUT2D eigenvalue weighted by Crippen LogP contribution is -2.31. The largest absolute Gasteiger partial charge is 0.359 e. The Labute approximate surface area is 105 Å². The summed E-state index contributed by atoms with van der Waals surface area (Å²) in [5.74, 6) is 1.04. The lowest BCUT2D eigenvalue weighted by molar-refractivity contribution is -0.120. The van der Waals surface area contributed by atoms with E-state index in [2.05, 4.69) is 22.6 Å². The normalized spacial score (nSPS) is 18.2. The second-order valence-corrected chi connectivity index (χ2v) is 5.06. The molecule has 0 aromatic rings. The monoisotopic (exact) mass is 241 g/mol. The molecule has 0 saturated carbocycles. The van der Waals surface area contributed by atoms with Crippen molar-refractivity contribution in [1.29, 1.82) is 0 Å². The average molecular weight is 241 g/mol. The van der Waals surface area contributed by atoms with E-state index >= 15 is 0 Å². The van der Waals surface area contributed by atoms with E-state index in [9.17, 15) is 4.79 Å². The molecular weight excluding hydrogens is 214 g/mol. The van der Waals surface area contributed by atoms with Gasteiger partial charge in [-0.15, -0.1) is 0 Å². The third kappa shape index (κ3) is 6.64. The van der Waals surface area contributed by atoms with Gasteiger partial charge in [0.25, 0.3) is 0 Å². The van der Waals surface area contributed by atoms with E-state index in [0.29, 0.717) is 6.42 Å². The first kappa shape index (κ1) is 14.5. The molecule has 4 heteroatoms. The van der Waals surface area contributed by atoms with Gasteiger partial charge in [0.2, 0.25) is 5.91 Å². The van der Waals surface area contributed by atoms with Crippen molar-refractivity contribution in [1.82, 2.24) is 15.5 Å². The number of piperidine rings is 1. The van der Waals surface area contributed by atoms with Gasteiger partial charge in [0.1, 0.15) is 0 Å². The molecular formula is C13H27N3O. The van der Waals surface area contributed by atoms with E-state index in [4.69, 9.17) is 0 Å². The Morgan fingerprint density at radius 3 is 2.65 bits per heavy atom. The van der Waals surface area contributed by atoms with Gasteiger partial charge in [0.15, 0.2) is 0 Å². The van der Waals surface area contributed by atoms with Gasteiger partial charge in [-0.05, 0) is 64.8 Å². The number of carbonyl (C=O) groups excluding carboxylic acids is 1. The van der Waals surface area contributed by atoms with Gasteiger partial charge in [0.05, 0.1) is 0 Å². The van der Waals surface area contributed by atoms with Gasteiger partial charge in [0, 0.05) is 13.5 Å². The van der Waals surface area contributed by atoms with Crippen molar-refractivity contribution >= 4 is 5.91 Å². The van der Waals surface area contributed by atoms with Crippen LogP contribution in [-0.2, 0) is 4.79 Å². The molecule has 4 nitrogen and oxygen atoms in total. The molecule has 1 rings (SSSR count). The van der Waals surface area contributed by atoms with E-state index in [1.807, 2.05) is 0 Å². The average Bonchev–Trinajstić information content (AvgIpc) is 2.35. The third-order valence-electron chi connectivity index (χ3n) is 3.60. The number of nitrogens with one attached hydrogen (secondary N) is 2. The molecule has 1 aliphatic heterocycles. The van der Waals surface area contributed by atoms with Gasteiger partial charge in [-0.2, -0.15) is 0 Å². The maximum Gasteiger partial charge on any atom is 0.219 e. The van der Waals surface area contributed by atoms with Gasteiger partial charge in [-0.3, -0.25) is 4.79 Å². The highest BCUT2D eigenvalue weighted by Gasteiger charge is 2.15. The lowest BCUT2D eigenvalue weighted by Gasteiger charge is -2.28. The van der Waals surface area contributed by atoms with Crippen LogP contribution < -0.4 is 10.6 Å². The number of nitrogens with zero attached hydrogens (tertiary/aromatic N) is 1. The summed E-state index contributed by atoms with van der Waals surface area (Å²) in [6.07, 6.45) is 5.55. The fourth-order valence-electron chi connectivity index (χ4n) is 2.28. The van der Waals surface area contributed by atoms with Crippen molar-refractivity contribution in [3.63, 3.8) is 0 Å². The highest BCUT2D eigenvalue weighted by molar-refractivity contribution is 5.75. The van der Waals surface area contributed by atoms with Crippen LogP contribution in [0.1, 0.15) is 32.1 Å². The number of carbonyl (C=O) groups is 1. The van der Waals surface area contributed by atoms with Gasteiger partial charge in [-0.25, -0.2) is 0 Å². The first-order valence-corrected chi connectivity index (χ1v) is 6.82. The van der Waals surface area contributed by atoms with Crippen LogP contribution in [0.5, 0.6) is 0 Å². The molecule has 0 radical (unpaired) electrons. The molecule has 0 spiro atoms. The fraction of sp³-hybridized carbons (Fsp3) is 0.923. The first-order valence-electron chi connectivity index (χ1n) is 6.82. The van der Waals surface area contributed by atoms with Crippen molar-refractivity contribution in [2.75, 3.05) is 40.3 Å². The SMILES string of the molecule is CNC(=O)CCCNCCC1CCN(C)CC1. The Kier molecular flexibility index (Phi) is 7.21. The Hall–Kier alpha value is -0.610. The summed E-state index contributed by atoms with van der Waals surface area (Å²) in [5.41, 5.74) is 0. The zero-order valence-corrected chi connectivity index (χ0v) is 11.3. The topological polar surface area (TPSA) is 44.4 Å². The van der Waals surface area contributed by atoms with Crippen LogP contribution in [0.3, 0.4) is 0 Å². The molecule has 0 aromatic carbocycles. The molecule has 0 aromatic heterocycles. The van der Waals surface area contributed by atoms with E-state index < -0.39 is 0 Å². The minimum absolute atomic E-state index is 0.141. The highest BCUT2D eigenvalue weighted by Crippen LogP contribution is 2.18. The lowest BCUT2D eigenvalue weighted by atomic mass is 9.94. The number of hydrogen-bond donors (Lipinski definition) is 2. The van der Waals surface area contributed by atoms with E-state index in [1.165, 1.54) is 32.4 Å². The number of rotatable bonds is 7. The van der Waals surface area contributed by atoms with E-state index in [-0.39, 0.29) is 5.91 Å². The second-order valence-electron chi connectivity index (χ2n) is 5.06. The fourth-order valence-corrected chi connectivity index (χ4v) is 2.28. The third-order valence-corrected chi connectivity index (χ3v) is 3.60. The maximum absolute atomic E-state index is 11.0. The minimum atomic E-state index is 0.141. The summed E-state index contributed by atoms with van der Waals surface area (Å²) in [6.45, 7) is 4.56. The van der Waals surface area contributed by atoms with E-state index in [1.54, 1.807) is 7.05 Å². The van der Waals surface area contributed by atoms with Crippen LogP contribution in [0.2, 0.25) is 0 Å². The molecule has 1 fully saturated rings. The maximum atomic E-state index is 11.0. The molecule has 100 valence electrons. The molecule has 0 bridgehead atoms. The van der Waals surface area contributed by atoms with Crippen LogP contribution in [0.4, 0.5) is 0 Å². The number of likely N-dealkylation sites (tertiary alicyclic amines) is 1. The van der Waals surface area contributed by atoms with Gasteiger partial charge >= 0.3 is 0 Å². The minimum Gasteiger partial charge on any atom is -0.359 e. The smallest absolute Gasteiger partial charge is 0.219 e. The predicted octanol–water partition coefficient (Wildman–Crippen LogP) is 0.834. The molecule has 1 saturated heterocycles. The summed E-state index contributed by atoms with van der Waals surface area (Å²) >= 11 is 0. The molecule has 2 N–H and O–H groups in total. The van der Waals surface area contributed by atoms with Crippen molar-refractivity contribution < 1.29 is 4.79 Å². The molecule has 0 aliphatic carbocycles. The quantitative estimate of drug-likeness (QED) is 0.649. The van der Waals surface area contributed by atoms with Crippen molar-refractivity contribution in [3.8, 4) is 0 Å². The summed E-state index contributed by atoms with van der Waals surface area (Å²) < 4.78 is 0. The molecule has 0 unspecified atom stereocenters. The predicted molar refractivity (Wildman–Crippen MR) is 71.0 cm³/mol. The molecule has 1 aliphatic rings. The zero-order valence-electron chi connectivity index (χ0n) is 11.3. The summed E-state index contributed by atoms with van der Waals surface area (Å²) in [6, 6.07) is 0. The van der Waals surface area contributed by atoms with Crippen LogP contribution in [0.25, 0.3) is 0 Å². The molecule has 0 atom stereocenters. The standard InChI is InChI=1S/C13H27N3O/c1-14-13(17)4-3-8-15-9-5-12-6-10-16(2)11-7-12/h12,15H,3-11H2,1-2H3,(H,14,17). The summed E-state index contributed by atoms with van der Waals surface area (Å²) in [5, 5.41) is 6.07. The second kappa shape index (κ2) is 8.48. The van der Waals surface area contributed by atoms with Crippen molar-refractivity contribution in [2.24, 2.45) is 5.92 Å². The van der Waals surface area contributed by atoms with Crippen LogP contribution in [0.15, 0.2) is 0 Å². The molecule has 17 heavy (non-hydrogen) atoms. The Balaban J connectivity index is 1.89. The zero-order chi connectivity index (χ0) is 12.5. The number of amides is 1. The van der Waals surface area contributed by atoms with Gasteiger partial charge < -0.3 is 15.5 Å². The number of hydrogen-bond acceptors (Lipinski definition) is 3. The van der Waals surface area contributed by atoms with Crippen molar-refractivity contribution in [2.45, 2.75) is 32.1 Å². The first-order chi connectivity index (χ1) is 8.22. The highest BCUT2D eigenvalue weighted by atomic mass is 16.1. The van der Waals surface area contributed by atoms with Crippen molar-refractivity contribution in [3.05, 3.63) is 0 Å². The Morgan fingerprint density at radius 1 is 1.29 bits per heavy atom. The van der Waals surface area contributed by atoms with Crippen LogP contribution in [-0.4, -0.2) is 51.1 Å². The molecule has 1 heterocycles. The summed E-state index contributed by atoms with van der Waals surface area (Å²) in [4.78, 5) is 13.4. The van der Waals surface area contributed by atoms with Crippen LogP contribution in [0, 0.1) is 5.92 Å². The van der Waals surface area contributed by atoms with Crippen LogP contribution >= 0.6 is 0 Å². The molecule has 1 amide bonds. The van der Waals surface area contributed by atoms with E-state index in [0.717, 1.165) is 25.4 Å². The van der Waals surface area contributed by atoms with Gasteiger partial charge in [-0.1, -0.05) is 0 Å². The Morgan fingerprint density at radius 2 is 2.00 bits per heavy atom. The summed E-state index contributed by atoms with van der Waals surface area (Å²) in [7, 11) is 3.89. The Bertz CT molecular complexity index is 213.